The Labute approximate surface area is 204 Å². The third-order valence-electron chi connectivity index (χ3n) is 7.73. The molecule has 7 nitrogen and oxygen atoms in total. The van der Waals surface area contributed by atoms with Crippen LogP contribution in [-0.4, -0.2) is 73.0 Å². The molecule has 4 rings (SSSR count). The zero-order valence-corrected chi connectivity index (χ0v) is 21.8. The van der Waals surface area contributed by atoms with Gasteiger partial charge in [0, 0.05) is 50.1 Å². The van der Waals surface area contributed by atoms with Gasteiger partial charge >= 0.3 is 0 Å². The van der Waals surface area contributed by atoms with Crippen LogP contribution in [0.1, 0.15) is 76.2 Å². The summed E-state index contributed by atoms with van der Waals surface area (Å²) in [5.74, 6) is 0.470. The molecule has 2 aliphatic heterocycles. The number of carbonyl (C=O) groups is 1. The van der Waals surface area contributed by atoms with Gasteiger partial charge in [-0.15, -0.1) is 0 Å². The lowest BCUT2D eigenvalue weighted by Gasteiger charge is -2.47. The van der Waals surface area contributed by atoms with Gasteiger partial charge in [0.05, 0.1) is 30.1 Å². The molecule has 0 aromatic heterocycles. The van der Waals surface area contributed by atoms with Crippen molar-refractivity contribution in [1.29, 1.82) is 0 Å². The summed E-state index contributed by atoms with van der Waals surface area (Å²) < 4.78 is 18.5. The molecule has 0 spiro atoms. The molecular weight excluding hydrogens is 430 g/mol. The Hall–Kier alpha value is -1.83. The molecule has 0 bridgehead atoms. The standard InChI is InChI=1S/C27H43N3O4/c1-7-30(22-10-16(2)32-17(3)11-22)26-20(6)24(27(28)31)8-9-25(26)34-23-12-21(13-23)29-14-18(4)33-19(5)15-29/h8-9,16-19,21-23H,7,10-15H2,1-6H3,(H2,28,31)/t16?,17?,18-,19+,21-,22?,23+. The summed E-state index contributed by atoms with van der Waals surface area (Å²) >= 11 is 0. The van der Waals surface area contributed by atoms with Gasteiger partial charge in [0.2, 0.25) is 5.91 Å². The van der Waals surface area contributed by atoms with Gasteiger partial charge in [0.15, 0.2) is 0 Å². The van der Waals surface area contributed by atoms with Crippen molar-refractivity contribution in [3.05, 3.63) is 23.3 Å². The third-order valence-corrected chi connectivity index (χ3v) is 7.73. The molecule has 1 aliphatic carbocycles. The number of hydrogen-bond donors (Lipinski definition) is 1. The Kier molecular flexibility index (Phi) is 7.75. The quantitative estimate of drug-likeness (QED) is 0.647. The highest BCUT2D eigenvalue weighted by molar-refractivity contribution is 5.96. The van der Waals surface area contributed by atoms with Crippen molar-refractivity contribution in [2.45, 2.75) is 110 Å². The molecule has 1 saturated carbocycles. The SMILES string of the molecule is CCN(c1c(O[C@H]2C[C@@H](N3C[C@@H](C)O[C@@H](C)C3)C2)ccc(C(N)=O)c1C)C1CC(C)OC(C)C1. The smallest absolute Gasteiger partial charge is 0.249 e. The Bertz CT molecular complexity index is 852. The number of ether oxygens (including phenoxy) is 3. The van der Waals surface area contributed by atoms with Crippen LogP contribution in [0.25, 0.3) is 0 Å². The molecule has 34 heavy (non-hydrogen) atoms. The van der Waals surface area contributed by atoms with Gasteiger partial charge < -0.3 is 24.8 Å². The van der Waals surface area contributed by atoms with Crippen LogP contribution in [0.2, 0.25) is 0 Å². The Balaban J connectivity index is 1.53. The van der Waals surface area contributed by atoms with Crippen LogP contribution in [0.15, 0.2) is 12.1 Å². The molecule has 190 valence electrons. The number of hydrogen-bond acceptors (Lipinski definition) is 6. The summed E-state index contributed by atoms with van der Waals surface area (Å²) in [6, 6.07) is 4.65. The molecule has 2 N–H and O–H groups in total. The minimum absolute atomic E-state index is 0.183. The van der Waals surface area contributed by atoms with E-state index in [0.717, 1.165) is 62.3 Å². The fraction of sp³-hybridized carbons (Fsp3) is 0.741. The number of amides is 1. The van der Waals surface area contributed by atoms with Gasteiger partial charge in [-0.2, -0.15) is 0 Å². The summed E-state index contributed by atoms with van der Waals surface area (Å²) in [4.78, 5) is 17.1. The van der Waals surface area contributed by atoms with E-state index in [9.17, 15) is 4.79 Å². The van der Waals surface area contributed by atoms with E-state index < -0.39 is 5.91 Å². The van der Waals surface area contributed by atoms with Crippen molar-refractivity contribution in [3.8, 4) is 5.75 Å². The Morgan fingerprint density at radius 3 is 2.18 bits per heavy atom. The van der Waals surface area contributed by atoms with Crippen molar-refractivity contribution in [2.24, 2.45) is 5.73 Å². The Morgan fingerprint density at radius 2 is 1.62 bits per heavy atom. The van der Waals surface area contributed by atoms with E-state index in [1.807, 2.05) is 19.1 Å². The molecule has 3 aliphatic rings. The second kappa shape index (κ2) is 10.4. The predicted molar refractivity (Wildman–Crippen MR) is 135 cm³/mol. The number of morpholine rings is 1. The first-order valence-corrected chi connectivity index (χ1v) is 13.1. The second-order valence-electron chi connectivity index (χ2n) is 10.7. The van der Waals surface area contributed by atoms with Crippen LogP contribution in [0.3, 0.4) is 0 Å². The topological polar surface area (TPSA) is 77.3 Å². The molecular formula is C27H43N3O4. The number of nitrogens with zero attached hydrogens (tertiary/aromatic N) is 2. The molecule has 1 aromatic rings. The average Bonchev–Trinajstić information content (AvgIpc) is 2.70. The molecule has 0 radical (unpaired) electrons. The van der Waals surface area contributed by atoms with Gasteiger partial charge in [-0.1, -0.05) is 0 Å². The fourth-order valence-corrected chi connectivity index (χ4v) is 6.25. The maximum absolute atomic E-state index is 12.2. The van der Waals surface area contributed by atoms with E-state index in [4.69, 9.17) is 19.9 Å². The summed E-state index contributed by atoms with van der Waals surface area (Å²) in [6.07, 6.45) is 5.11. The normalized spacial score (nSPS) is 34.4. The van der Waals surface area contributed by atoms with Crippen molar-refractivity contribution in [2.75, 3.05) is 24.5 Å². The maximum atomic E-state index is 12.2. The van der Waals surface area contributed by atoms with Crippen molar-refractivity contribution in [1.82, 2.24) is 4.90 Å². The van der Waals surface area contributed by atoms with Crippen LogP contribution in [0, 0.1) is 6.92 Å². The lowest BCUT2D eigenvalue weighted by atomic mass is 9.87. The van der Waals surface area contributed by atoms with E-state index in [0.29, 0.717) is 17.6 Å². The number of anilines is 1. The Morgan fingerprint density at radius 1 is 1.03 bits per heavy atom. The van der Waals surface area contributed by atoms with Gasteiger partial charge in [0.25, 0.3) is 0 Å². The van der Waals surface area contributed by atoms with Crippen LogP contribution in [-0.2, 0) is 9.47 Å². The zero-order valence-electron chi connectivity index (χ0n) is 21.8. The van der Waals surface area contributed by atoms with E-state index in [1.54, 1.807) is 0 Å². The number of primary amides is 1. The van der Waals surface area contributed by atoms with Crippen molar-refractivity contribution in [3.63, 3.8) is 0 Å². The highest BCUT2D eigenvalue weighted by Gasteiger charge is 2.39. The number of nitrogens with two attached hydrogens (primary N) is 1. The molecule has 2 unspecified atom stereocenters. The predicted octanol–water partition coefficient (Wildman–Crippen LogP) is 3.90. The average molecular weight is 474 g/mol. The summed E-state index contributed by atoms with van der Waals surface area (Å²) in [5, 5.41) is 0. The lowest BCUT2D eigenvalue weighted by Crippen LogP contribution is -2.56. The largest absolute Gasteiger partial charge is 0.488 e. The monoisotopic (exact) mass is 473 g/mol. The summed E-state index contributed by atoms with van der Waals surface area (Å²) in [5.41, 5.74) is 8.22. The minimum Gasteiger partial charge on any atom is -0.488 e. The van der Waals surface area contributed by atoms with E-state index in [2.05, 4.69) is 44.4 Å². The molecule has 2 saturated heterocycles. The number of carbonyl (C=O) groups excluding carboxylic acids is 1. The second-order valence-corrected chi connectivity index (χ2v) is 10.7. The highest BCUT2D eigenvalue weighted by atomic mass is 16.5. The van der Waals surface area contributed by atoms with Crippen LogP contribution < -0.4 is 15.4 Å². The van der Waals surface area contributed by atoms with E-state index >= 15 is 0 Å². The van der Waals surface area contributed by atoms with Crippen LogP contribution >= 0.6 is 0 Å². The van der Waals surface area contributed by atoms with Crippen molar-refractivity contribution < 1.29 is 19.0 Å². The molecule has 3 fully saturated rings. The summed E-state index contributed by atoms with van der Waals surface area (Å²) in [7, 11) is 0. The minimum atomic E-state index is -0.394. The van der Waals surface area contributed by atoms with Crippen molar-refractivity contribution >= 4 is 11.6 Å². The molecule has 7 heteroatoms. The molecule has 1 aromatic carbocycles. The first kappa shape index (κ1) is 25.3. The van der Waals surface area contributed by atoms with Gasteiger partial charge in [0.1, 0.15) is 11.9 Å². The van der Waals surface area contributed by atoms with Gasteiger partial charge in [-0.3, -0.25) is 9.69 Å². The first-order valence-electron chi connectivity index (χ1n) is 13.1. The zero-order chi connectivity index (χ0) is 24.6. The van der Waals surface area contributed by atoms with E-state index in [1.165, 1.54) is 0 Å². The van der Waals surface area contributed by atoms with Crippen LogP contribution in [0.5, 0.6) is 5.75 Å². The van der Waals surface area contributed by atoms with Gasteiger partial charge in [-0.05, 0) is 72.1 Å². The first-order chi connectivity index (χ1) is 16.2. The maximum Gasteiger partial charge on any atom is 0.249 e. The lowest BCUT2D eigenvalue weighted by molar-refractivity contribution is -0.103. The third kappa shape index (κ3) is 5.37. The fourth-order valence-electron chi connectivity index (χ4n) is 6.25. The molecule has 4 atom stereocenters. The molecule has 2 heterocycles. The number of rotatable bonds is 7. The van der Waals surface area contributed by atoms with E-state index in [-0.39, 0.29) is 30.5 Å². The molecule has 1 amide bonds. The number of benzene rings is 1. The van der Waals surface area contributed by atoms with Crippen LogP contribution in [0.4, 0.5) is 5.69 Å². The highest BCUT2D eigenvalue weighted by Crippen LogP contribution is 2.41. The summed E-state index contributed by atoms with van der Waals surface area (Å²) in [6.45, 7) is 15.6. The van der Waals surface area contributed by atoms with Gasteiger partial charge in [-0.25, -0.2) is 0 Å².